The van der Waals surface area contributed by atoms with Gasteiger partial charge in [0.15, 0.2) is 0 Å². The van der Waals surface area contributed by atoms with E-state index in [0.717, 1.165) is 35.7 Å². The maximum absolute atomic E-state index is 15.5. The van der Waals surface area contributed by atoms with Crippen molar-refractivity contribution in [2.75, 3.05) is 18.0 Å². The molecular weight excluding hydrogens is 483 g/mol. The fourth-order valence-corrected chi connectivity index (χ4v) is 5.16. The number of benzene rings is 2. The molecule has 36 heavy (non-hydrogen) atoms. The highest BCUT2D eigenvalue weighted by Crippen LogP contribution is 2.34. The first kappa shape index (κ1) is 24.3. The first-order valence-corrected chi connectivity index (χ1v) is 12.1. The molecule has 0 bridgehead atoms. The van der Waals surface area contributed by atoms with Crippen molar-refractivity contribution in [3.63, 3.8) is 0 Å². The van der Waals surface area contributed by atoms with E-state index in [1.165, 1.54) is 16.8 Å². The number of aryl methyl sites for hydroxylation is 2. The Balaban J connectivity index is 1.61. The number of aliphatic hydroxyl groups excluding tert-OH is 1. The third kappa shape index (κ3) is 4.34. The molecule has 4 aromatic rings. The summed E-state index contributed by atoms with van der Waals surface area (Å²) in [6, 6.07) is 9.68. The number of nitrogens with one attached hydrogen (secondary N) is 1. The van der Waals surface area contributed by atoms with Gasteiger partial charge in [0, 0.05) is 35.8 Å². The molecule has 3 heterocycles. The van der Waals surface area contributed by atoms with Gasteiger partial charge in [0.25, 0.3) is 5.91 Å². The molecule has 186 valence electrons. The van der Waals surface area contributed by atoms with Crippen LogP contribution < -0.4 is 10.2 Å². The van der Waals surface area contributed by atoms with E-state index in [9.17, 15) is 9.90 Å². The number of rotatable bonds is 5. The Morgan fingerprint density at radius 3 is 2.86 bits per heavy atom. The largest absolute Gasteiger partial charge is 0.390 e. The summed E-state index contributed by atoms with van der Waals surface area (Å²) >= 11 is 6.28. The Morgan fingerprint density at radius 1 is 1.31 bits per heavy atom. The number of hydrogen-bond acceptors (Lipinski definition) is 6. The average Bonchev–Trinajstić information content (AvgIpc) is 3.24. The molecule has 1 unspecified atom stereocenters. The maximum atomic E-state index is 15.5. The number of halogens is 2. The lowest BCUT2D eigenvalue weighted by molar-refractivity contribution is 0.0968. The topological polar surface area (TPSA) is 96.2 Å². The lowest BCUT2D eigenvalue weighted by Crippen LogP contribution is -2.49. The molecule has 8 nitrogen and oxygen atoms in total. The number of aliphatic hydroxyl groups is 1. The molecule has 0 saturated carbocycles. The molecule has 2 N–H and O–H groups in total. The summed E-state index contributed by atoms with van der Waals surface area (Å²) in [5.74, 6) is -0.662. The Bertz CT molecular complexity index is 1450. The Labute approximate surface area is 212 Å². The minimum atomic E-state index is -0.680. The van der Waals surface area contributed by atoms with Crippen LogP contribution in [0.1, 0.15) is 34.5 Å². The molecule has 1 aliphatic rings. The first-order chi connectivity index (χ1) is 17.4. The third-order valence-corrected chi connectivity index (χ3v) is 6.87. The second-order valence-electron chi connectivity index (χ2n) is 8.99. The Hall–Kier alpha value is -3.40. The minimum Gasteiger partial charge on any atom is -0.390 e. The normalized spacial score (nSPS) is 15.9. The van der Waals surface area contributed by atoms with Crippen molar-refractivity contribution in [2.45, 2.75) is 32.4 Å². The second-order valence-corrected chi connectivity index (χ2v) is 9.43. The van der Waals surface area contributed by atoms with Crippen molar-refractivity contribution in [3.8, 4) is 11.3 Å². The third-order valence-electron chi connectivity index (χ3n) is 6.65. The number of pyridine rings is 1. The van der Waals surface area contributed by atoms with Crippen LogP contribution in [0.2, 0.25) is 5.02 Å². The Morgan fingerprint density at radius 2 is 2.14 bits per heavy atom. The summed E-state index contributed by atoms with van der Waals surface area (Å²) in [5.41, 5.74) is 2.08. The number of anilines is 1. The van der Waals surface area contributed by atoms with Crippen LogP contribution in [0.15, 0.2) is 42.6 Å². The highest BCUT2D eigenvalue weighted by Gasteiger charge is 2.32. The van der Waals surface area contributed by atoms with Gasteiger partial charge < -0.3 is 10.4 Å². The molecule has 1 fully saturated rings. The predicted molar refractivity (Wildman–Crippen MR) is 137 cm³/mol. The zero-order chi connectivity index (χ0) is 25.4. The quantitative estimate of drug-likeness (QED) is 0.422. The van der Waals surface area contributed by atoms with E-state index in [2.05, 4.69) is 20.6 Å². The van der Waals surface area contributed by atoms with E-state index >= 15 is 4.39 Å². The standard InChI is InChI=1S/C26H26ClFN6O2/c1-15-10-18(27)11-16-7-9-30-25(23(15)16)34(19-4-3-8-29-13-19)26(36)20-6-5-17(12-21(20)28)24-22(14-35)33(2)32-31-24/h5-7,9-12,19,29,35H,3-4,8,13-14H2,1-2H3. The van der Waals surface area contributed by atoms with Gasteiger partial charge >= 0.3 is 0 Å². The summed E-state index contributed by atoms with van der Waals surface area (Å²) in [7, 11) is 1.65. The van der Waals surface area contributed by atoms with Crippen LogP contribution >= 0.6 is 11.6 Å². The summed E-state index contributed by atoms with van der Waals surface area (Å²) in [4.78, 5) is 20.2. The van der Waals surface area contributed by atoms with Gasteiger partial charge in [-0.1, -0.05) is 22.9 Å². The Kier molecular flexibility index (Phi) is 6.70. The average molecular weight is 509 g/mol. The number of hydrogen-bond donors (Lipinski definition) is 2. The molecule has 0 spiro atoms. The number of amides is 1. The van der Waals surface area contributed by atoms with Gasteiger partial charge in [0.05, 0.1) is 23.9 Å². The molecule has 0 aliphatic carbocycles. The molecule has 2 aromatic carbocycles. The molecular formula is C26H26ClFN6O2. The fourth-order valence-electron chi connectivity index (χ4n) is 4.87. The van der Waals surface area contributed by atoms with E-state index in [-0.39, 0.29) is 18.2 Å². The summed E-state index contributed by atoms with van der Waals surface area (Å²) in [5, 5.41) is 23.2. The van der Waals surface area contributed by atoms with Gasteiger partial charge in [-0.05, 0) is 67.6 Å². The highest BCUT2D eigenvalue weighted by atomic mass is 35.5. The zero-order valence-electron chi connectivity index (χ0n) is 20.0. The van der Waals surface area contributed by atoms with Crippen molar-refractivity contribution in [1.82, 2.24) is 25.3 Å². The highest BCUT2D eigenvalue weighted by molar-refractivity contribution is 6.31. The molecule has 1 amide bonds. The molecule has 0 radical (unpaired) electrons. The van der Waals surface area contributed by atoms with Crippen LogP contribution in [0.25, 0.3) is 22.0 Å². The summed E-state index contributed by atoms with van der Waals surface area (Å²) in [6.45, 7) is 3.08. The lowest BCUT2D eigenvalue weighted by atomic mass is 10.0. The van der Waals surface area contributed by atoms with Crippen LogP contribution in [0.3, 0.4) is 0 Å². The molecule has 2 aromatic heterocycles. The first-order valence-electron chi connectivity index (χ1n) is 11.8. The van der Waals surface area contributed by atoms with E-state index in [1.807, 2.05) is 25.1 Å². The maximum Gasteiger partial charge on any atom is 0.262 e. The number of nitrogens with zero attached hydrogens (tertiary/aromatic N) is 5. The van der Waals surface area contributed by atoms with Gasteiger partial charge in [-0.3, -0.25) is 9.69 Å². The van der Waals surface area contributed by atoms with E-state index in [0.29, 0.717) is 34.3 Å². The molecule has 1 saturated heterocycles. The summed E-state index contributed by atoms with van der Waals surface area (Å²) in [6.07, 6.45) is 3.30. The van der Waals surface area contributed by atoms with Crippen LogP contribution in [0.5, 0.6) is 0 Å². The van der Waals surface area contributed by atoms with Crippen molar-refractivity contribution >= 4 is 34.1 Å². The fraction of sp³-hybridized carbons (Fsp3) is 0.308. The summed E-state index contributed by atoms with van der Waals surface area (Å²) < 4.78 is 16.9. The number of carbonyl (C=O) groups excluding carboxylic acids is 1. The van der Waals surface area contributed by atoms with Gasteiger partial charge in [0.2, 0.25) is 0 Å². The van der Waals surface area contributed by atoms with E-state index in [4.69, 9.17) is 11.6 Å². The van der Waals surface area contributed by atoms with Crippen molar-refractivity contribution in [1.29, 1.82) is 0 Å². The molecule has 1 aliphatic heterocycles. The van der Waals surface area contributed by atoms with E-state index in [1.54, 1.807) is 24.2 Å². The van der Waals surface area contributed by atoms with E-state index < -0.39 is 11.7 Å². The van der Waals surface area contributed by atoms with Gasteiger partial charge in [0.1, 0.15) is 17.3 Å². The lowest BCUT2D eigenvalue weighted by Gasteiger charge is -2.35. The number of piperidine rings is 1. The molecule has 1 atom stereocenters. The predicted octanol–water partition coefficient (Wildman–Crippen LogP) is 4.02. The minimum absolute atomic E-state index is 0.0656. The molecule has 10 heteroatoms. The SMILES string of the molecule is Cc1cc(Cl)cc2ccnc(N(C(=O)c3ccc(-c4nnn(C)c4CO)cc3F)C3CCCNC3)c12. The van der Waals surface area contributed by atoms with Crippen molar-refractivity contribution < 1.29 is 14.3 Å². The molecule has 5 rings (SSSR count). The zero-order valence-corrected chi connectivity index (χ0v) is 20.8. The second kappa shape index (κ2) is 9.93. The van der Waals surface area contributed by atoms with Gasteiger partial charge in [-0.25, -0.2) is 14.1 Å². The van der Waals surface area contributed by atoms with Crippen molar-refractivity contribution in [3.05, 3.63) is 70.3 Å². The van der Waals surface area contributed by atoms with Crippen LogP contribution in [-0.4, -0.2) is 50.1 Å². The van der Waals surface area contributed by atoms with Gasteiger partial charge in [-0.15, -0.1) is 5.10 Å². The number of fused-ring (bicyclic) bond motifs is 1. The van der Waals surface area contributed by atoms with Crippen LogP contribution in [-0.2, 0) is 13.7 Å². The van der Waals surface area contributed by atoms with Gasteiger partial charge in [-0.2, -0.15) is 0 Å². The van der Waals surface area contributed by atoms with Crippen molar-refractivity contribution in [2.24, 2.45) is 7.05 Å². The van der Waals surface area contributed by atoms with Crippen LogP contribution in [0, 0.1) is 12.7 Å². The monoisotopic (exact) mass is 508 g/mol. The van der Waals surface area contributed by atoms with Crippen LogP contribution in [0.4, 0.5) is 10.2 Å². The number of aromatic nitrogens is 4. The number of carbonyl (C=O) groups is 1. The smallest absolute Gasteiger partial charge is 0.262 e.